The predicted octanol–water partition coefficient (Wildman–Crippen LogP) is 0.834. The van der Waals surface area contributed by atoms with Gasteiger partial charge in [0.2, 0.25) is 5.95 Å². The fourth-order valence-corrected chi connectivity index (χ4v) is 1.93. The van der Waals surface area contributed by atoms with Gasteiger partial charge in [-0.15, -0.1) is 0 Å². The third-order valence-electron chi connectivity index (χ3n) is 2.61. The summed E-state index contributed by atoms with van der Waals surface area (Å²) in [7, 11) is 0. The number of nitrogens with one attached hydrogen (secondary N) is 1. The molecule has 4 heteroatoms. The zero-order valence-electron chi connectivity index (χ0n) is 8.45. The van der Waals surface area contributed by atoms with Crippen LogP contribution in [0.3, 0.4) is 0 Å². The van der Waals surface area contributed by atoms with Crippen molar-refractivity contribution in [3.63, 3.8) is 0 Å². The second-order valence-electron chi connectivity index (χ2n) is 3.84. The number of aryl methyl sites for hydroxylation is 1. The second kappa shape index (κ2) is 3.92. The van der Waals surface area contributed by atoms with Gasteiger partial charge >= 0.3 is 0 Å². The van der Waals surface area contributed by atoms with Crippen molar-refractivity contribution in [3.05, 3.63) is 17.5 Å². The van der Waals surface area contributed by atoms with Gasteiger partial charge in [0, 0.05) is 18.2 Å². The first-order valence-electron chi connectivity index (χ1n) is 5.07. The molecule has 0 aliphatic carbocycles. The third kappa shape index (κ3) is 2.01. The summed E-state index contributed by atoms with van der Waals surface area (Å²) in [5.41, 5.74) is 7.67. The Kier molecular flexibility index (Phi) is 2.63. The molecule has 4 nitrogen and oxygen atoms in total. The average molecular weight is 192 g/mol. The maximum atomic E-state index is 5.62. The Morgan fingerprint density at radius 1 is 1.50 bits per heavy atom. The number of aromatic nitrogens is 2. The highest BCUT2D eigenvalue weighted by molar-refractivity contribution is 5.24. The van der Waals surface area contributed by atoms with Gasteiger partial charge in [-0.25, -0.2) is 9.97 Å². The highest BCUT2D eigenvalue weighted by atomic mass is 15.0. The molecule has 1 fully saturated rings. The lowest BCUT2D eigenvalue weighted by molar-refractivity contribution is 0.454. The maximum absolute atomic E-state index is 5.62. The molecule has 1 aliphatic rings. The SMILES string of the molecule is Cc1cc(C2CCCNC2)nc(N)n1. The number of nitrogens with zero attached hydrogens (tertiary/aromatic N) is 2. The van der Waals surface area contributed by atoms with E-state index in [0.717, 1.165) is 24.5 Å². The Balaban J connectivity index is 2.21. The van der Waals surface area contributed by atoms with Gasteiger partial charge in [-0.2, -0.15) is 0 Å². The first kappa shape index (κ1) is 9.40. The molecule has 14 heavy (non-hydrogen) atoms. The number of anilines is 1. The summed E-state index contributed by atoms with van der Waals surface area (Å²) in [4.78, 5) is 8.36. The predicted molar refractivity (Wildman–Crippen MR) is 56.0 cm³/mol. The Labute approximate surface area is 83.9 Å². The van der Waals surface area contributed by atoms with Gasteiger partial charge < -0.3 is 11.1 Å². The van der Waals surface area contributed by atoms with Crippen molar-refractivity contribution in [2.24, 2.45) is 0 Å². The average Bonchev–Trinajstić information content (AvgIpc) is 2.18. The molecule has 1 aromatic heterocycles. The molecule has 2 heterocycles. The molecule has 1 unspecified atom stereocenters. The van der Waals surface area contributed by atoms with Gasteiger partial charge in [0.15, 0.2) is 0 Å². The van der Waals surface area contributed by atoms with Gasteiger partial charge in [-0.1, -0.05) is 0 Å². The van der Waals surface area contributed by atoms with Crippen LogP contribution in [-0.4, -0.2) is 23.1 Å². The van der Waals surface area contributed by atoms with Gasteiger partial charge in [-0.3, -0.25) is 0 Å². The van der Waals surface area contributed by atoms with Crippen molar-refractivity contribution in [1.29, 1.82) is 0 Å². The van der Waals surface area contributed by atoms with E-state index < -0.39 is 0 Å². The molecule has 2 rings (SSSR count). The number of nitrogen functional groups attached to an aromatic ring is 1. The molecule has 0 radical (unpaired) electrons. The lowest BCUT2D eigenvalue weighted by atomic mass is 9.95. The Morgan fingerprint density at radius 2 is 2.36 bits per heavy atom. The second-order valence-corrected chi connectivity index (χ2v) is 3.84. The maximum Gasteiger partial charge on any atom is 0.220 e. The Hall–Kier alpha value is -1.16. The van der Waals surface area contributed by atoms with Crippen LogP contribution in [0.4, 0.5) is 5.95 Å². The van der Waals surface area contributed by atoms with Crippen LogP contribution in [0.15, 0.2) is 6.07 Å². The van der Waals surface area contributed by atoms with Crippen molar-refractivity contribution < 1.29 is 0 Å². The van der Waals surface area contributed by atoms with Gasteiger partial charge in [-0.05, 0) is 32.4 Å². The summed E-state index contributed by atoms with van der Waals surface area (Å²) in [5.74, 6) is 0.901. The molecule has 1 aromatic rings. The van der Waals surface area contributed by atoms with Crippen molar-refractivity contribution in [1.82, 2.24) is 15.3 Å². The quantitative estimate of drug-likeness (QED) is 0.692. The van der Waals surface area contributed by atoms with Crippen molar-refractivity contribution in [2.75, 3.05) is 18.8 Å². The van der Waals surface area contributed by atoms with E-state index in [1.807, 2.05) is 13.0 Å². The topological polar surface area (TPSA) is 63.8 Å². The summed E-state index contributed by atoms with van der Waals surface area (Å²) in [6.07, 6.45) is 2.41. The number of hydrogen-bond acceptors (Lipinski definition) is 4. The number of piperidine rings is 1. The van der Waals surface area contributed by atoms with E-state index in [-0.39, 0.29) is 0 Å². The van der Waals surface area contributed by atoms with Crippen molar-refractivity contribution in [3.8, 4) is 0 Å². The van der Waals surface area contributed by atoms with E-state index in [1.54, 1.807) is 0 Å². The zero-order valence-corrected chi connectivity index (χ0v) is 8.45. The fourth-order valence-electron chi connectivity index (χ4n) is 1.93. The van der Waals surface area contributed by atoms with Crippen LogP contribution in [0.25, 0.3) is 0 Å². The minimum Gasteiger partial charge on any atom is -0.368 e. The molecular formula is C10H16N4. The smallest absolute Gasteiger partial charge is 0.220 e. The van der Waals surface area contributed by atoms with Crippen LogP contribution >= 0.6 is 0 Å². The van der Waals surface area contributed by atoms with Crippen LogP contribution in [0.2, 0.25) is 0 Å². The first-order valence-corrected chi connectivity index (χ1v) is 5.07. The van der Waals surface area contributed by atoms with Crippen molar-refractivity contribution in [2.45, 2.75) is 25.7 Å². The van der Waals surface area contributed by atoms with Crippen LogP contribution in [0.5, 0.6) is 0 Å². The monoisotopic (exact) mass is 192 g/mol. The zero-order chi connectivity index (χ0) is 9.97. The van der Waals surface area contributed by atoms with Crippen LogP contribution in [0, 0.1) is 6.92 Å². The molecule has 76 valence electrons. The summed E-state index contributed by atoms with van der Waals surface area (Å²) < 4.78 is 0. The minimum atomic E-state index is 0.394. The van der Waals surface area contributed by atoms with E-state index in [2.05, 4.69) is 15.3 Å². The summed E-state index contributed by atoms with van der Waals surface area (Å²) in [6.45, 7) is 4.09. The van der Waals surface area contributed by atoms with Gasteiger partial charge in [0.05, 0.1) is 5.69 Å². The van der Waals surface area contributed by atoms with E-state index in [1.165, 1.54) is 12.8 Å². The Morgan fingerprint density at radius 3 is 3.00 bits per heavy atom. The van der Waals surface area contributed by atoms with Gasteiger partial charge in [0.1, 0.15) is 0 Å². The fraction of sp³-hybridized carbons (Fsp3) is 0.600. The van der Waals surface area contributed by atoms with E-state index in [9.17, 15) is 0 Å². The normalized spacial score (nSPS) is 22.2. The lowest BCUT2D eigenvalue weighted by Crippen LogP contribution is -2.29. The van der Waals surface area contributed by atoms with E-state index >= 15 is 0 Å². The summed E-state index contributed by atoms with van der Waals surface area (Å²) in [6, 6.07) is 2.04. The van der Waals surface area contributed by atoms with Crippen LogP contribution in [0.1, 0.15) is 30.1 Å². The molecule has 0 saturated carbocycles. The first-order chi connectivity index (χ1) is 6.75. The molecule has 1 aliphatic heterocycles. The van der Waals surface area contributed by atoms with E-state index in [4.69, 9.17) is 5.73 Å². The van der Waals surface area contributed by atoms with Crippen molar-refractivity contribution >= 4 is 5.95 Å². The number of hydrogen-bond donors (Lipinski definition) is 2. The molecule has 0 aromatic carbocycles. The highest BCUT2D eigenvalue weighted by Crippen LogP contribution is 2.22. The largest absolute Gasteiger partial charge is 0.368 e. The van der Waals surface area contributed by atoms with Crippen LogP contribution < -0.4 is 11.1 Å². The number of nitrogens with two attached hydrogens (primary N) is 1. The Bertz CT molecular complexity index is 298. The van der Waals surface area contributed by atoms with E-state index in [0.29, 0.717) is 11.9 Å². The molecular weight excluding hydrogens is 176 g/mol. The standard InChI is InChI=1S/C10H16N4/c1-7-5-9(14-10(11)13-7)8-3-2-4-12-6-8/h5,8,12H,2-4,6H2,1H3,(H2,11,13,14). The highest BCUT2D eigenvalue weighted by Gasteiger charge is 2.16. The third-order valence-corrected chi connectivity index (χ3v) is 2.61. The molecule has 0 spiro atoms. The minimum absolute atomic E-state index is 0.394. The van der Waals surface area contributed by atoms with Crippen LogP contribution in [-0.2, 0) is 0 Å². The summed E-state index contributed by atoms with van der Waals surface area (Å²) >= 11 is 0. The van der Waals surface area contributed by atoms with Gasteiger partial charge in [0.25, 0.3) is 0 Å². The molecule has 3 N–H and O–H groups in total. The molecule has 1 saturated heterocycles. The number of rotatable bonds is 1. The summed E-state index contributed by atoms with van der Waals surface area (Å²) in [5, 5.41) is 3.37. The molecule has 1 atom stereocenters. The molecule has 0 bridgehead atoms. The lowest BCUT2D eigenvalue weighted by Gasteiger charge is -2.22. The molecule has 0 amide bonds.